The lowest BCUT2D eigenvalue weighted by Gasteiger charge is -2.04. The average molecular weight is 317 g/mol. The number of hydrogen-bond donors (Lipinski definition) is 2. The number of ether oxygens (including phenoxy) is 2. The molecule has 0 unspecified atom stereocenters. The number of nitrogens with zero attached hydrogens (tertiary/aromatic N) is 1. The Labute approximate surface area is 131 Å². The SMILES string of the molecule is CCOC(=O)NC(=O)COC(=O)c1cc(-c2ccccc2)n[nH]1. The normalized spacial score (nSPS) is 9.96. The van der Waals surface area contributed by atoms with Crippen LogP contribution in [0.2, 0.25) is 0 Å². The van der Waals surface area contributed by atoms with Crippen LogP contribution in [0.4, 0.5) is 4.79 Å². The summed E-state index contributed by atoms with van der Waals surface area (Å²) in [5.41, 5.74) is 1.52. The number of carbonyl (C=O) groups excluding carboxylic acids is 3. The Morgan fingerprint density at radius 3 is 2.61 bits per heavy atom. The second kappa shape index (κ2) is 7.74. The van der Waals surface area contributed by atoms with Crippen LogP contribution in [0.1, 0.15) is 17.4 Å². The molecule has 2 rings (SSSR count). The molecule has 2 aromatic rings. The highest BCUT2D eigenvalue weighted by molar-refractivity contribution is 5.95. The third-order valence-electron chi connectivity index (χ3n) is 2.72. The van der Waals surface area contributed by atoms with E-state index in [1.54, 1.807) is 6.92 Å². The van der Waals surface area contributed by atoms with Crippen LogP contribution in [0.15, 0.2) is 36.4 Å². The zero-order valence-corrected chi connectivity index (χ0v) is 12.4. The molecule has 1 aromatic carbocycles. The Kier molecular flexibility index (Phi) is 5.45. The fourth-order valence-corrected chi connectivity index (χ4v) is 1.71. The van der Waals surface area contributed by atoms with Gasteiger partial charge in [-0.3, -0.25) is 15.2 Å². The number of aromatic nitrogens is 2. The minimum atomic E-state index is -0.888. The molecule has 8 heteroatoms. The Bertz CT molecular complexity index is 696. The van der Waals surface area contributed by atoms with Crippen molar-refractivity contribution < 1.29 is 23.9 Å². The first-order chi connectivity index (χ1) is 11.1. The van der Waals surface area contributed by atoms with Crippen molar-refractivity contribution in [3.05, 3.63) is 42.1 Å². The Hall–Kier alpha value is -3.16. The van der Waals surface area contributed by atoms with Crippen molar-refractivity contribution in [2.24, 2.45) is 0 Å². The van der Waals surface area contributed by atoms with Crippen molar-refractivity contribution in [2.75, 3.05) is 13.2 Å². The number of esters is 1. The summed E-state index contributed by atoms with van der Waals surface area (Å²) < 4.78 is 9.32. The molecule has 0 aliphatic carbocycles. The van der Waals surface area contributed by atoms with Crippen molar-refractivity contribution >= 4 is 18.0 Å². The van der Waals surface area contributed by atoms with E-state index in [-0.39, 0.29) is 12.3 Å². The minimum Gasteiger partial charge on any atom is -0.451 e. The van der Waals surface area contributed by atoms with Gasteiger partial charge in [0.1, 0.15) is 5.69 Å². The van der Waals surface area contributed by atoms with Crippen LogP contribution < -0.4 is 5.32 Å². The van der Waals surface area contributed by atoms with Crippen molar-refractivity contribution in [1.82, 2.24) is 15.5 Å². The summed E-state index contributed by atoms with van der Waals surface area (Å²) in [6.07, 6.45) is -0.888. The fourth-order valence-electron chi connectivity index (χ4n) is 1.71. The van der Waals surface area contributed by atoms with E-state index in [0.29, 0.717) is 5.69 Å². The minimum absolute atomic E-state index is 0.104. The molecule has 0 bridgehead atoms. The van der Waals surface area contributed by atoms with E-state index >= 15 is 0 Å². The standard InChI is InChI=1S/C15H15N3O5/c1-2-22-15(21)16-13(19)9-23-14(20)12-8-11(17-18-12)10-6-4-3-5-7-10/h3-8H,2,9H2,1H3,(H,17,18)(H,16,19,21). The Morgan fingerprint density at radius 1 is 1.17 bits per heavy atom. The number of benzene rings is 1. The van der Waals surface area contributed by atoms with Gasteiger partial charge in [0, 0.05) is 5.56 Å². The van der Waals surface area contributed by atoms with Gasteiger partial charge in [-0.2, -0.15) is 5.10 Å². The number of amides is 2. The summed E-state index contributed by atoms with van der Waals surface area (Å²) >= 11 is 0. The van der Waals surface area contributed by atoms with E-state index in [1.807, 2.05) is 35.6 Å². The molecule has 1 heterocycles. The molecule has 8 nitrogen and oxygen atoms in total. The fraction of sp³-hybridized carbons (Fsp3) is 0.200. The largest absolute Gasteiger partial charge is 0.451 e. The Morgan fingerprint density at radius 2 is 1.91 bits per heavy atom. The van der Waals surface area contributed by atoms with Gasteiger partial charge < -0.3 is 9.47 Å². The molecule has 0 radical (unpaired) electrons. The number of alkyl carbamates (subject to hydrolysis) is 1. The number of nitrogens with one attached hydrogen (secondary N) is 2. The molecule has 0 aliphatic rings. The maximum atomic E-state index is 11.8. The van der Waals surface area contributed by atoms with Crippen LogP contribution in [0.3, 0.4) is 0 Å². The molecule has 0 spiro atoms. The second-order valence-electron chi connectivity index (χ2n) is 4.38. The van der Waals surface area contributed by atoms with E-state index < -0.39 is 24.6 Å². The number of rotatable bonds is 5. The topological polar surface area (TPSA) is 110 Å². The van der Waals surface area contributed by atoms with E-state index in [1.165, 1.54) is 6.07 Å². The number of H-pyrrole nitrogens is 1. The van der Waals surface area contributed by atoms with Crippen molar-refractivity contribution in [3.8, 4) is 11.3 Å². The van der Waals surface area contributed by atoms with Gasteiger partial charge in [0.25, 0.3) is 5.91 Å². The highest BCUT2D eigenvalue weighted by Crippen LogP contribution is 2.17. The lowest BCUT2D eigenvalue weighted by Crippen LogP contribution is -2.34. The van der Waals surface area contributed by atoms with Crippen LogP contribution in [0, 0.1) is 0 Å². The third kappa shape index (κ3) is 4.67. The third-order valence-corrected chi connectivity index (χ3v) is 2.72. The van der Waals surface area contributed by atoms with E-state index in [2.05, 4.69) is 14.9 Å². The molecule has 0 atom stereocenters. The van der Waals surface area contributed by atoms with Crippen LogP contribution in [0.25, 0.3) is 11.3 Å². The van der Waals surface area contributed by atoms with Crippen molar-refractivity contribution in [1.29, 1.82) is 0 Å². The molecule has 120 valence electrons. The van der Waals surface area contributed by atoms with E-state index in [0.717, 1.165) is 5.56 Å². The maximum Gasteiger partial charge on any atom is 0.413 e. The van der Waals surface area contributed by atoms with Gasteiger partial charge in [-0.1, -0.05) is 30.3 Å². The molecular weight excluding hydrogens is 302 g/mol. The quantitative estimate of drug-likeness (QED) is 0.809. The monoisotopic (exact) mass is 317 g/mol. The van der Waals surface area contributed by atoms with E-state index in [9.17, 15) is 14.4 Å². The van der Waals surface area contributed by atoms with Gasteiger partial charge in [-0.05, 0) is 13.0 Å². The summed E-state index contributed by atoms with van der Waals surface area (Å²) in [4.78, 5) is 34.2. The smallest absolute Gasteiger partial charge is 0.413 e. The van der Waals surface area contributed by atoms with Gasteiger partial charge in [0.15, 0.2) is 6.61 Å². The molecule has 0 saturated carbocycles. The van der Waals surface area contributed by atoms with Crippen molar-refractivity contribution in [2.45, 2.75) is 6.92 Å². The predicted molar refractivity (Wildman–Crippen MR) is 79.5 cm³/mol. The predicted octanol–water partition coefficient (Wildman–Crippen LogP) is 1.51. The number of carbonyl (C=O) groups is 3. The summed E-state index contributed by atoms with van der Waals surface area (Å²) in [5.74, 6) is -1.53. The van der Waals surface area contributed by atoms with Crippen LogP contribution in [0.5, 0.6) is 0 Å². The summed E-state index contributed by atoms with van der Waals surface area (Å²) in [6.45, 7) is 1.14. The second-order valence-corrected chi connectivity index (χ2v) is 4.38. The summed E-state index contributed by atoms with van der Waals surface area (Å²) in [5, 5.41) is 8.46. The molecule has 0 aliphatic heterocycles. The number of aromatic amines is 1. The molecule has 0 saturated heterocycles. The van der Waals surface area contributed by atoms with Crippen LogP contribution >= 0.6 is 0 Å². The van der Waals surface area contributed by atoms with Crippen LogP contribution in [-0.2, 0) is 14.3 Å². The molecule has 0 fully saturated rings. The molecule has 2 amide bonds. The van der Waals surface area contributed by atoms with Gasteiger partial charge >= 0.3 is 12.1 Å². The van der Waals surface area contributed by atoms with E-state index in [4.69, 9.17) is 4.74 Å². The zero-order chi connectivity index (χ0) is 16.7. The van der Waals surface area contributed by atoms with Gasteiger partial charge in [0.2, 0.25) is 0 Å². The zero-order valence-electron chi connectivity index (χ0n) is 12.4. The summed E-state index contributed by atoms with van der Waals surface area (Å²) in [6, 6.07) is 10.8. The first-order valence-electron chi connectivity index (χ1n) is 6.84. The molecule has 2 N–H and O–H groups in total. The first-order valence-corrected chi connectivity index (χ1v) is 6.84. The van der Waals surface area contributed by atoms with Gasteiger partial charge in [-0.25, -0.2) is 9.59 Å². The summed E-state index contributed by atoms with van der Waals surface area (Å²) in [7, 11) is 0. The number of imide groups is 1. The van der Waals surface area contributed by atoms with Gasteiger partial charge in [-0.15, -0.1) is 0 Å². The lowest BCUT2D eigenvalue weighted by molar-refractivity contribution is -0.123. The van der Waals surface area contributed by atoms with Gasteiger partial charge in [0.05, 0.1) is 12.3 Å². The first kappa shape index (κ1) is 16.2. The molecule has 1 aromatic heterocycles. The number of hydrogen-bond acceptors (Lipinski definition) is 6. The average Bonchev–Trinajstić information content (AvgIpc) is 3.03. The molecule has 23 heavy (non-hydrogen) atoms. The lowest BCUT2D eigenvalue weighted by atomic mass is 10.1. The molecular formula is C15H15N3O5. The maximum absolute atomic E-state index is 11.8. The van der Waals surface area contributed by atoms with Crippen LogP contribution in [-0.4, -0.2) is 41.4 Å². The highest BCUT2D eigenvalue weighted by Gasteiger charge is 2.15. The van der Waals surface area contributed by atoms with Crippen molar-refractivity contribution in [3.63, 3.8) is 0 Å². The highest BCUT2D eigenvalue weighted by atomic mass is 16.6. The Balaban J connectivity index is 1.88.